The van der Waals surface area contributed by atoms with Gasteiger partial charge in [-0.3, -0.25) is 4.90 Å². The number of anilines is 1. The zero-order chi connectivity index (χ0) is 12.1. The molecule has 1 aliphatic rings. The van der Waals surface area contributed by atoms with Crippen molar-refractivity contribution in [3.8, 4) is 0 Å². The van der Waals surface area contributed by atoms with Gasteiger partial charge < -0.3 is 10.8 Å². The van der Waals surface area contributed by atoms with E-state index in [1.807, 2.05) is 18.2 Å². The molecule has 1 aromatic rings. The van der Waals surface area contributed by atoms with Gasteiger partial charge in [-0.05, 0) is 30.9 Å². The molecule has 0 atom stereocenters. The molecule has 3 heteroatoms. The lowest BCUT2D eigenvalue weighted by molar-refractivity contribution is 0.109. The first-order valence-corrected chi connectivity index (χ1v) is 6.49. The van der Waals surface area contributed by atoms with Crippen molar-refractivity contribution < 1.29 is 5.11 Å². The quantitative estimate of drug-likeness (QED) is 0.740. The fourth-order valence-electron chi connectivity index (χ4n) is 2.31. The Morgan fingerprint density at radius 2 is 2.06 bits per heavy atom. The molecule has 0 radical (unpaired) electrons. The molecule has 0 aliphatic heterocycles. The highest BCUT2D eigenvalue weighted by Gasteiger charge is 2.24. The highest BCUT2D eigenvalue weighted by atomic mass is 16.3. The zero-order valence-corrected chi connectivity index (χ0v) is 10.3. The summed E-state index contributed by atoms with van der Waals surface area (Å²) in [7, 11) is 0. The summed E-state index contributed by atoms with van der Waals surface area (Å²) in [6.07, 6.45) is 4.77. The zero-order valence-electron chi connectivity index (χ0n) is 10.3. The van der Waals surface area contributed by atoms with Crippen molar-refractivity contribution >= 4 is 5.69 Å². The SMILES string of the molecule is Nc1ccccc1CN(CCCO)C1CCC1. The molecule has 0 bridgehead atoms. The van der Waals surface area contributed by atoms with Crippen molar-refractivity contribution in [1.82, 2.24) is 4.90 Å². The third-order valence-corrected chi connectivity index (χ3v) is 3.62. The number of hydrogen-bond acceptors (Lipinski definition) is 3. The Morgan fingerprint density at radius 1 is 1.29 bits per heavy atom. The van der Waals surface area contributed by atoms with Crippen LogP contribution in [0.4, 0.5) is 5.69 Å². The monoisotopic (exact) mass is 234 g/mol. The molecule has 0 unspecified atom stereocenters. The Labute approximate surface area is 103 Å². The molecule has 0 aromatic heterocycles. The first kappa shape index (κ1) is 12.4. The van der Waals surface area contributed by atoms with Gasteiger partial charge in [-0.15, -0.1) is 0 Å². The number of nitrogens with zero attached hydrogens (tertiary/aromatic N) is 1. The van der Waals surface area contributed by atoms with Crippen LogP contribution >= 0.6 is 0 Å². The Bertz CT molecular complexity index is 350. The summed E-state index contributed by atoms with van der Waals surface area (Å²) in [6, 6.07) is 8.76. The molecule has 0 heterocycles. The number of aliphatic hydroxyl groups excluding tert-OH is 1. The normalized spacial score (nSPS) is 16.1. The summed E-state index contributed by atoms with van der Waals surface area (Å²) in [6.45, 7) is 2.15. The van der Waals surface area contributed by atoms with Crippen LogP contribution in [0, 0.1) is 0 Å². The number of rotatable bonds is 6. The molecule has 2 rings (SSSR count). The third kappa shape index (κ3) is 3.20. The van der Waals surface area contributed by atoms with Crippen molar-refractivity contribution in [1.29, 1.82) is 0 Å². The highest BCUT2D eigenvalue weighted by molar-refractivity contribution is 5.46. The Hall–Kier alpha value is -1.06. The second kappa shape index (κ2) is 6.03. The number of para-hydroxylation sites is 1. The van der Waals surface area contributed by atoms with Gasteiger partial charge in [-0.2, -0.15) is 0 Å². The molecule has 1 aliphatic carbocycles. The second-order valence-electron chi connectivity index (χ2n) is 4.83. The van der Waals surface area contributed by atoms with E-state index >= 15 is 0 Å². The topological polar surface area (TPSA) is 49.5 Å². The first-order valence-electron chi connectivity index (χ1n) is 6.49. The van der Waals surface area contributed by atoms with Crippen LogP contribution < -0.4 is 5.73 Å². The van der Waals surface area contributed by atoms with Crippen molar-refractivity contribution in [2.45, 2.75) is 38.3 Å². The van der Waals surface area contributed by atoms with Gasteiger partial charge in [0.2, 0.25) is 0 Å². The lowest BCUT2D eigenvalue weighted by Crippen LogP contribution is -2.40. The molecule has 17 heavy (non-hydrogen) atoms. The number of hydrogen-bond donors (Lipinski definition) is 2. The van der Waals surface area contributed by atoms with Gasteiger partial charge in [0.25, 0.3) is 0 Å². The van der Waals surface area contributed by atoms with Crippen LogP contribution in [0.5, 0.6) is 0 Å². The fourth-order valence-corrected chi connectivity index (χ4v) is 2.31. The lowest BCUT2D eigenvalue weighted by atomic mass is 9.91. The van der Waals surface area contributed by atoms with Gasteiger partial charge in [0.1, 0.15) is 0 Å². The van der Waals surface area contributed by atoms with E-state index in [-0.39, 0.29) is 6.61 Å². The largest absolute Gasteiger partial charge is 0.398 e. The predicted octanol–water partition coefficient (Wildman–Crippen LogP) is 2.01. The van der Waals surface area contributed by atoms with Crippen LogP contribution in [-0.4, -0.2) is 29.2 Å². The molecule has 1 aromatic carbocycles. The van der Waals surface area contributed by atoms with E-state index in [1.54, 1.807) is 0 Å². The average Bonchev–Trinajstić information content (AvgIpc) is 2.26. The maximum atomic E-state index is 8.96. The Morgan fingerprint density at radius 3 is 2.65 bits per heavy atom. The van der Waals surface area contributed by atoms with E-state index in [9.17, 15) is 0 Å². The van der Waals surface area contributed by atoms with Crippen LogP contribution in [0.3, 0.4) is 0 Å². The van der Waals surface area contributed by atoms with E-state index in [2.05, 4.69) is 11.0 Å². The molecule has 3 nitrogen and oxygen atoms in total. The van der Waals surface area contributed by atoms with Gasteiger partial charge in [0.15, 0.2) is 0 Å². The van der Waals surface area contributed by atoms with Gasteiger partial charge in [0.05, 0.1) is 0 Å². The summed E-state index contributed by atoms with van der Waals surface area (Å²) in [5, 5.41) is 8.96. The molecule has 0 spiro atoms. The van der Waals surface area contributed by atoms with Crippen LogP contribution in [-0.2, 0) is 6.54 Å². The second-order valence-corrected chi connectivity index (χ2v) is 4.83. The molecular weight excluding hydrogens is 212 g/mol. The number of nitrogen functional groups attached to an aromatic ring is 1. The minimum Gasteiger partial charge on any atom is -0.398 e. The molecule has 1 saturated carbocycles. The summed E-state index contributed by atoms with van der Waals surface area (Å²) >= 11 is 0. The molecule has 3 N–H and O–H groups in total. The Balaban J connectivity index is 1.98. The van der Waals surface area contributed by atoms with E-state index in [1.165, 1.54) is 24.8 Å². The fraction of sp³-hybridized carbons (Fsp3) is 0.571. The smallest absolute Gasteiger partial charge is 0.0443 e. The maximum Gasteiger partial charge on any atom is 0.0443 e. The van der Waals surface area contributed by atoms with Crippen LogP contribution in [0.1, 0.15) is 31.2 Å². The summed E-state index contributed by atoms with van der Waals surface area (Å²) in [5.74, 6) is 0. The average molecular weight is 234 g/mol. The highest BCUT2D eigenvalue weighted by Crippen LogP contribution is 2.27. The van der Waals surface area contributed by atoms with Gasteiger partial charge >= 0.3 is 0 Å². The summed E-state index contributed by atoms with van der Waals surface area (Å²) < 4.78 is 0. The van der Waals surface area contributed by atoms with E-state index < -0.39 is 0 Å². The molecular formula is C14H22N2O. The summed E-state index contributed by atoms with van der Waals surface area (Å²) in [5.41, 5.74) is 8.06. The van der Waals surface area contributed by atoms with E-state index in [4.69, 9.17) is 10.8 Å². The van der Waals surface area contributed by atoms with Crippen molar-refractivity contribution in [2.75, 3.05) is 18.9 Å². The lowest BCUT2D eigenvalue weighted by Gasteiger charge is -2.37. The predicted molar refractivity (Wildman–Crippen MR) is 70.6 cm³/mol. The van der Waals surface area contributed by atoms with Crippen molar-refractivity contribution in [3.05, 3.63) is 29.8 Å². The summed E-state index contributed by atoms with van der Waals surface area (Å²) in [4.78, 5) is 2.46. The maximum absolute atomic E-state index is 8.96. The first-order chi connectivity index (χ1) is 8.31. The van der Waals surface area contributed by atoms with Crippen LogP contribution in [0.2, 0.25) is 0 Å². The van der Waals surface area contributed by atoms with Crippen molar-refractivity contribution in [2.24, 2.45) is 0 Å². The van der Waals surface area contributed by atoms with Gasteiger partial charge in [-0.1, -0.05) is 24.6 Å². The van der Waals surface area contributed by atoms with Crippen LogP contribution in [0.25, 0.3) is 0 Å². The minimum absolute atomic E-state index is 0.271. The number of nitrogens with two attached hydrogens (primary N) is 1. The minimum atomic E-state index is 0.271. The van der Waals surface area contributed by atoms with Gasteiger partial charge in [-0.25, -0.2) is 0 Å². The number of aliphatic hydroxyl groups is 1. The molecule has 94 valence electrons. The standard InChI is InChI=1S/C14H22N2O/c15-14-8-2-1-5-12(14)11-16(9-4-10-17)13-6-3-7-13/h1-2,5,8,13,17H,3-4,6-7,9-11,15H2. The van der Waals surface area contributed by atoms with Crippen molar-refractivity contribution in [3.63, 3.8) is 0 Å². The number of benzene rings is 1. The Kier molecular flexibility index (Phi) is 4.40. The molecule has 0 saturated heterocycles. The van der Waals surface area contributed by atoms with Gasteiger partial charge in [0, 0.05) is 31.4 Å². The molecule has 1 fully saturated rings. The van der Waals surface area contributed by atoms with E-state index in [0.29, 0.717) is 6.04 Å². The molecule has 0 amide bonds. The van der Waals surface area contributed by atoms with E-state index in [0.717, 1.165) is 25.2 Å². The van der Waals surface area contributed by atoms with Crippen LogP contribution in [0.15, 0.2) is 24.3 Å². The third-order valence-electron chi connectivity index (χ3n) is 3.62.